The Morgan fingerprint density at radius 2 is 2.12 bits per heavy atom. The van der Waals surface area contributed by atoms with E-state index in [9.17, 15) is 9.59 Å². The first-order valence-corrected chi connectivity index (χ1v) is 8.83. The van der Waals surface area contributed by atoms with E-state index >= 15 is 0 Å². The number of carbonyl (C=O) groups excluding carboxylic acids is 1. The molecule has 1 fully saturated rings. The molecule has 2 atom stereocenters. The van der Waals surface area contributed by atoms with Gasteiger partial charge in [0.05, 0.1) is 18.8 Å². The molecule has 2 aromatic rings. The van der Waals surface area contributed by atoms with Gasteiger partial charge in [-0.05, 0) is 42.6 Å². The first-order valence-electron chi connectivity index (χ1n) is 8.83. The van der Waals surface area contributed by atoms with Crippen LogP contribution in [0.25, 0.3) is 17.7 Å². The van der Waals surface area contributed by atoms with E-state index in [0.29, 0.717) is 18.7 Å². The second-order valence-electron chi connectivity index (χ2n) is 7.14. The predicted octanol–water partition coefficient (Wildman–Crippen LogP) is 2.86. The summed E-state index contributed by atoms with van der Waals surface area (Å²) in [5, 5.41) is 0. The summed E-state index contributed by atoms with van der Waals surface area (Å²) in [4.78, 5) is 30.0. The third kappa shape index (κ3) is 2.00. The molecule has 1 aromatic heterocycles. The summed E-state index contributed by atoms with van der Waals surface area (Å²) in [6.07, 6.45) is 7.87. The zero-order valence-corrected chi connectivity index (χ0v) is 14.4. The van der Waals surface area contributed by atoms with Crippen LogP contribution in [-0.4, -0.2) is 22.6 Å². The molecule has 0 saturated heterocycles. The van der Waals surface area contributed by atoms with Gasteiger partial charge in [-0.3, -0.25) is 14.2 Å². The molecule has 2 aliphatic carbocycles. The Hall–Kier alpha value is -2.95. The second kappa shape index (κ2) is 5.27. The fourth-order valence-corrected chi connectivity index (χ4v) is 4.23. The van der Waals surface area contributed by atoms with E-state index in [-0.39, 0.29) is 17.6 Å². The molecule has 0 amide bonds. The first-order chi connectivity index (χ1) is 12.6. The fourth-order valence-electron chi connectivity index (χ4n) is 4.23. The highest BCUT2D eigenvalue weighted by molar-refractivity contribution is 5.87. The summed E-state index contributed by atoms with van der Waals surface area (Å²) in [7, 11) is 1.39. The SMILES string of the molecule is COC(=O)C12C=Cc3nc4c(c(=O)n3C1C2)CC/C4=C/c1ccccc1. The third-order valence-electron chi connectivity index (χ3n) is 5.70. The van der Waals surface area contributed by atoms with Crippen LogP contribution in [0.5, 0.6) is 0 Å². The van der Waals surface area contributed by atoms with Crippen LogP contribution in [0.3, 0.4) is 0 Å². The molecular weight excluding hydrogens is 328 g/mol. The largest absolute Gasteiger partial charge is 0.468 e. The number of allylic oxidation sites excluding steroid dienone is 1. The Bertz CT molecular complexity index is 1050. The molecular formula is C21H18N2O3. The maximum absolute atomic E-state index is 13.1. The number of hydrogen-bond acceptors (Lipinski definition) is 4. The van der Waals surface area contributed by atoms with Gasteiger partial charge in [-0.25, -0.2) is 4.98 Å². The van der Waals surface area contributed by atoms with Crippen LogP contribution in [0.15, 0.2) is 41.2 Å². The number of carbonyl (C=O) groups is 1. The van der Waals surface area contributed by atoms with Crippen molar-refractivity contribution in [1.29, 1.82) is 0 Å². The fraction of sp³-hybridized carbons (Fsp3) is 0.286. The van der Waals surface area contributed by atoms with Crippen molar-refractivity contribution in [3.63, 3.8) is 0 Å². The quantitative estimate of drug-likeness (QED) is 0.785. The van der Waals surface area contributed by atoms with Crippen molar-refractivity contribution < 1.29 is 9.53 Å². The van der Waals surface area contributed by atoms with Crippen LogP contribution in [-0.2, 0) is 16.0 Å². The minimum atomic E-state index is -0.678. The molecule has 2 unspecified atom stereocenters. The van der Waals surface area contributed by atoms with Gasteiger partial charge in [-0.1, -0.05) is 36.4 Å². The molecule has 5 rings (SSSR count). The molecule has 5 nitrogen and oxygen atoms in total. The number of hydrogen-bond donors (Lipinski definition) is 0. The van der Waals surface area contributed by atoms with Gasteiger partial charge in [0.15, 0.2) is 0 Å². The van der Waals surface area contributed by atoms with Crippen LogP contribution in [0, 0.1) is 5.41 Å². The number of ether oxygens (including phenoxy) is 1. The number of benzene rings is 1. The van der Waals surface area contributed by atoms with E-state index in [1.807, 2.05) is 36.4 Å². The number of fused-ring (bicyclic) bond motifs is 4. The van der Waals surface area contributed by atoms with Gasteiger partial charge in [-0.2, -0.15) is 0 Å². The molecule has 5 heteroatoms. The van der Waals surface area contributed by atoms with Crippen molar-refractivity contribution in [3.05, 3.63) is 69.4 Å². The summed E-state index contributed by atoms with van der Waals surface area (Å²) >= 11 is 0. The lowest BCUT2D eigenvalue weighted by molar-refractivity contribution is -0.145. The van der Waals surface area contributed by atoms with Crippen LogP contribution in [0.1, 0.15) is 41.5 Å². The van der Waals surface area contributed by atoms with E-state index in [1.54, 1.807) is 10.6 Å². The number of rotatable bonds is 2. The van der Waals surface area contributed by atoms with E-state index in [0.717, 1.165) is 28.8 Å². The summed E-state index contributed by atoms with van der Waals surface area (Å²) in [6.45, 7) is 0. The molecule has 0 spiro atoms. The second-order valence-corrected chi connectivity index (χ2v) is 7.14. The molecule has 3 aliphatic rings. The minimum absolute atomic E-state index is 0.0124. The standard InChI is InChI=1S/C21H18N2O3/c1-26-20(25)21-10-9-17-22-18-14(11-13-5-3-2-4-6-13)7-8-15(18)19(24)23(17)16(21)12-21/h2-6,9-11,16H,7-8,12H2,1H3/b14-11-. The van der Waals surface area contributed by atoms with Gasteiger partial charge in [-0.15, -0.1) is 0 Å². The van der Waals surface area contributed by atoms with Crippen LogP contribution in [0.4, 0.5) is 0 Å². The molecule has 2 heterocycles. The highest BCUT2D eigenvalue weighted by Gasteiger charge is 2.63. The van der Waals surface area contributed by atoms with Crippen molar-refractivity contribution >= 4 is 23.7 Å². The molecule has 0 radical (unpaired) electrons. The lowest BCUT2D eigenvalue weighted by Gasteiger charge is -2.19. The normalized spacial score (nSPS) is 26.2. The van der Waals surface area contributed by atoms with Crippen molar-refractivity contribution in [2.75, 3.05) is 7.11 Å². The molecule has 1 aliphatic heterocycles. The summed E-state index contributed by atoms with van der Waals surface area (Å²) in [5.74, 6) is 0.359. The molecule has 1 saturated carbocycles. The topological polar surface area (TPSA) is 61.2 Å². The summed E-state index contributed by atoms with van der Waals surface area (Å²) in [6, 6.07) is 9.91. The van der Waals surface area contributed by atoms with E-state index in [2.05, 4.69) is 6.08 Å². The van der Waals surface area contributed by atoms with Gasteiger partial charge < -0.3 is 4.74 Å². The van der Waals surface area contributed by atoms with Gasteiger partial charge in [0.1, 0.15) is 11.2 Å². The highest BCUT2D eigenvalue weighted by Crippen LogP contribution is 2.60. The van der Waals surface area contributed by atoms with Gasteiger partial charge in [0.2, 0.25) is 0 Å². The van der Waals surface area contributed by atoms with Crippen molar-refractivity contribution in [2.24, 2.45) is 5.41 Å². The van der Waals surface area contributed by atoms with E-state index in [4.69, 9.17) is 9.72 Å². The van der Waals surface area contributed by atoms with Crippen LogP contribution < -0.4 is 5.56 Å². The number of methoxy groups -OCH3 is 1. The summed E-state index contributed by atoms with van der Waals surface area (Å²) < 4.78 is 6.63. The minimum Gasteiger partial charge on any atom is -0.468 e. The molecule has 1 aromatic carbocycles. The Labute approximate surface area is 150 Å². The molecule has 0 bridgehead atoms. The maximum Gasteiger partial charge on any atom is 0.317 e. The smallest absolute Gasteiger partial charge is 0.317 e. The van der Waals surface area contributed by atoms with E-state index in [1.165, 1.54) is 7.11 Å². The van der Waals surface area contributed by atoms with Crippen molar-refractivity contribution in [3.8, 4) is 0 Å². The number of aromatic nitrogens is 2. The number of nitrogens with zero attached hydrogens (tertiary/aromatic N) is 2. The van der Waals surface area contributed by atoms with Crippen molar-refractivity contribution in [1.82, 2.24) is 9.55 Å². The number of esters is 1. The lowest BCUT2D eigenvalue weighted by atomic mass is 10.0. The lowest BCUT2D eigenvalue weighted by Crippen LogP contribution is -2.32. The summed E-state index contributed by atoms with van der Waals surface area (Å²) in [5.41, 5.74) is 3.08. The Balaban J connectivity index is 1.61. The monoisotopic (exact) mass is 346 g/mol. The average molecular weight is 346 g/mol. The zero-order chi connectivity index (χ0) is 17.9. The molecule has 0 N–H and O–H groups in total. The van der Waals surface area contributed by atoms with Gasteiger partial charge in [0, 0.05) is 5.56 Å². The highest BCUT2D eigenvalue weighted by atomic mass is 16.5. The Morgan fingerprint density at radius 1 is 1.31 bits per heavy atom. The zero-order valence-electron chi connectivity index (χ0n) is 14.4. The Morgan fingerprint density at radius 3 is 2.88 bits per heavy atom. The molecule has 26 heavy (non-hydrogen) atoms. The first kappa shape index (κ1) is 15.3. The van der Waals surface area contributed by atoms with E-state index < -0.39 is 5.41 Å². The van der Waals surface area contributed by atoms with Gasteiger partial charge in [0.25, 0.3) is 5.56 Å². The van der Waals surface area contributed by atoms with Crippen LogP contribution >= 0.6 is 0 Å². The average Bonchev–Trinajstić information content (AvgIpc) is 3.30. The Kier molecular flexibility index (Phi) is 3.11. The predicted molar refractivity (Wildman–Crippen MR) is 98.3 cm³/mol. The maximum atomic E-state index is 13.1. The molecule has 130 valence electrons. The van der Waals surface area contributed by atoms with Crippen LogP contribution in [0.2, 0.25) is 0 Å². The van der Waals surface area contributed by atoms with Gasteiger partial charge >= 0.3 is 5.97 Å². The third-order valence-corrected chi connectivity index (χ3v) is 5.70. The van der Waals surface area contributed by atoms with Crippen molar-refractivity contribution in [2.45, 2.75) is 25.3 Å².